The van der Waals surface area contributed by atoms with Crippen LogP contribution in [0.4, 0.5) is 9.18 Å². The van der Waals surface area contributed by atoms with Crippen LogP contribution in [0.3, 0.4) is 0 Å². The van der Waals surface area contributed by atoms with Crippen LogP contribution in [-0.2, 0) is 6.54 Å². The highest BCUT2D eigenvalue weighted by Crippen LogP contribution is 2.03. The van der Waals surface area contributed by atoms with E-state index in [-0.39, 0.29) is 12.3 Å². The lowest BCUT2D eigenvalue weighted by molar-refractivity contribution is 0.0992. The molecule has 2 aromatic carbocycles. The predicted molar refractivity (Wildman–Crippen MR) is 77.4 cm³/mol. The lowest BCUT2D eigenvalue weighted by Gasteiger charge is -2.07. The predicted octanol–water partition coefficient (Wildman–Crippen LogP) is 2.51. The van der Waals surface area contributed by atoms with Gasteiger partial charge in [-0.1, -0.05) is 30.3 Å². The molecule has 0 aliphatic rings. The molecule has 2 amide bonds. The topological polar surface area (TPSA) is 58.2 Å². The van der Waals surface area contributed by atoms with Gasteiger partial charge in [0.1, 0.15) is 5.82 Å². The van der Waals surface area contributed by atoms with Crippen LogP contribution in [0, 0.1) is 5.82 Å². The minimum Gasteiger partial charge on any atom is -0.334 e. The van der Waals surface area contributed by atoms with Gasteiger partial charge in [-0.05, 0) is 29.8 Å². The summed E-state index contributed by atoms with van der Waals surface area (Å²) in [5.41, 5.74) is 1.33. The summed E-state index contributed by atoms with van der Waals surface area (Å²) in [7, 11) is 0. The van der Waals surface area contributed by atoms with E-state index in [0.29, 0.717) is 12.1 Å². The number of hydrogen-bond acceptors (Lipinski definition) is 2. The Bertz CT molecular complexity index is 612. The number of carbonyl (C=O) groups is 2. The highest BCUT2D eigenvalue weighted by atomic mass is 19.1. The second-order valence-corrected chi connectivity index (χ2v) is 4.45. The van der Waals surface area contributed by atoms with Gasteiger partial charge in [0.25, 0.3) is 0 Å². The maximum Gasteiger partial charge on any atom is 0.315 e. The first-order valence-corrected chi connectivity index (χ1v) is 6.49. The molecule has 0 radical (unpaired) electrons. The molecule has 0 unspecified atom stereocenters. The highest BCUT2D eigenvalue weighted by molar-refractivity contribution is 5.99. The van der Waals surface area contributed by atoms with Gasteiger partial charge in [0, 0.05) is 12.1 Å². The fourth-order valence-electron chi connectivity index (χ4n) is 1.74. The van der Waals surface area contributed by atoms with Crippen LogP contribution in [0.1, 0.15) is 15.9 Å². The van der Waals surface area contributed by atoms with Crippen LogP contribution in [-0.4, -0.2) is 18.4 Å². The van der Waals surface area contributed by atoms with Crippen LogP contribution in [0.15, 0.2) is 54.6 Å². The molecule has 2 rings (SSSR count). The van der Waals surface area contributed by atoms with Crippen molar-refractivity contribution < 1.29 is 14.0 Å². The maximum absolute atomic E-state index is 12.7. The third kappa shape index (κ3) is 4.72. The van der Waals surface area contributed by atoms with Gasteiger partial charge < -0.3 is 10.6 Å². The standard InChI is InChI=1S/C16H15FN2O2/c17-14-8-6-13(7-9-14)15(20)11-19-16(21)18-10-12-4-2-1-3-5-12/h1-9H,10-11H2,(H2,18,19,21). The summed E-state index contributed by atoms with van der Waals surface area (Å²) in [5, 5.41) is 5.13. The Labute approximate surface area is 122 Å². The van der Waals surface area contributed by atoms with Gasteiger partial charge in [-0.3, -0.25) is 4.79 Å². The van der Waals surface area contributed by atoms with E-state index in [2.05, 4.69) is 10.6 Å². The Kier molecular flexibility index (Phi) is 5.04. The van der Waals surface area contributed by atoms with Gasteiger partial charge in [-0.15, -0.1) is 0 Å². The summed E-state index contributed by atoms with van der Waals surface area (Å²) >= 11 is 0. The van der Waals surface area contributed by atoms with Gasteiger partial charge in [0.05, 0.1) is 6.54 Å². The molecule has 2 aromatic rings. The molecule has 0 spiro atoms. The van der Waals surface area contributed by atoms with E-state index in [1.54, 1.807) is 0 Å². The van der Waals surface area contributed by atoms with E-state index < -0.39 is 11.8 Å². The van der Waals surface area contributed by atoms with E-state index in [0.717, 1.165) is 5.56 Å². The first-order chi connectivity index (χ1) is 10.1. The molecule has 0 aliphatic heterocycles. The summed E-state index contributed by atoms with van der Waals surface area (Å²) in [5.74, 6) is -0.676. The Morgan fingerprint density at radius 3 is 2.24 bits per heavy atom. The Morgan fingerprint density at radius 1 is 0.905 bits per heavy atom. The van der Waals surface area contributed by atoms with Crippen molar-refractivity contribution >= 4 is 11.8 Å². The third-order valence-corrected chi connectivity index (χ3v) is 2.87. The number of carbonyl (C=O) groups excluding carboxylic acids is 2. The van der Waals surface area contributed by atoms with Crippen molar-refractivity contribution in [3.63, 3.8) is 0 Å². The molecule has 0 saturated carbocycles. The van der Waals surface area contributed by atoms with Crippen molar-refractivity contribution in [1.82, 2.24) is 10.6 Å². The quantitative estimate of drug-likeness (QED) is 0.830. The van der Waals surface area contributed by atoms with Gasteiger partial charge in [-0.2, -0.15) is 0 Å². The first-order valence-electron chi connectivity index (χ1n) is 6.49. The number of rotatable bonds is 5. The molecular weight excluding hydrogens is 271 g/mol. The van der Waals surface area contributed by atoms with Crippen molar-refractivity contribution in [3.8, 4) is 0 Å². The average molecular weight is 286 g/mol. The zero-order valence-electron chi connectivity index (χ0n) is 11.3. The van der Waals surface area contributed by atoms with Crippen LogP contribution < -0.4 is 10.6 Å². The molecule has 0 saturated heterocycles. The lowest BCUT2D eigenvalue weighted by Crippen LogP contribution is -2.38. The van der Waals surface area contributed by atoms with E-state index in [9.17, 15) is 14.0 Å². The zero-order valence-corrected chi connectivity index (χ0v) is 11.3. The Hall–Kier alpha value is -2.69. The number of hydrogen-bond donors (Lipinski definition) is 2. The van der Waals surface area contributed by atoms with Gasteiger partial charge in [0.15, 0.2) is 5.78 Å². The lowest BCUT2D eigenvalue weighted by atomic mass is 10.1. The summed E-state index contributed by atoms with van der Waals surface area (Å²) in [6, 6.07) is 14.2. The van der Waals surface area contributed by atoms with Crippen molar-refractivity contribution in [1.29, 1.82) is 0 Å². The molecule has 0 atom stereocenters. The van der Waals surface area contributed by atoms with E-state index in [4.69, 9.17) is 0 Å². The largest absolute Gasteiger partial charge is 0.334 e. The van der Waals surface area contributed by atoms with E-state index in [1.165, 1.54) is 24.3 Å². The van der Waals surface area contributed by atoms with Crippen LogP contribution >= 0.6 is 0 Å². The van der Waals surface area contributed by atoms with Crippen molar-refractivity contribution in [3.05, 3.63) is 71.5 Å². The molecule has 0 heterocycles. The maximum atomic E-state index is 12.7. The van der Waals surface area contributed by atoms with Crippen LogP contribution in [0.5, 0.6) is 0 Å². The highest BCUT2D eigenvalue weighted by Gasteiger charge is 2.08. The van der Waals surface area contributed by atoms with Crippen molar-refractivity contribution in [2.75, 3.05) is 6.54 Å². The molecular formula is C16H15FN2O2. The van der Waals surface area contributed by atoms with Crippen molar-refractivity contribution in [2.45, 2.75) is 6.54 Å². The molecule has 0 fully saturated rings. The fourth-order valence-corrected chi connectivity index (χ4v) is 1.74. The third-order valence-electron chi connectivity index (χ3n) is 2.87. The first kappa shape index (κ1) is 14.7. The number of amides is 2. The van der Waals surface area contributed by atoms with Crippen LogP contribution in [0.2, 0.25) is 0 Å². The summed E-state index contributed by atoms with van der Waals surface area (Å²) in [4.78, 5) is 23.3. The Morgan fingerprint density at radius 2 is 1.57 bits per heavy atom. The van der Waals surface area contributed by atoms with E-state index in [1.807, 2.05) is 30.3 Å². The molecule has 0 aromatic heterocycles. The summed E-state index contributed by atoms with van der Waals surface area (Å²) in [6.07, 6.45) is 0. The average Bonchev–Trinajstić information content (AvgIpc) is 2.52. The molecule has 4 nitrogen and oxygen atoms in total. The minimum atomic E-state index is -0.422. The number of ketones is 1. The van der Waals surface area contributed by atoms with Crippen LogP contribution in [0.25, 0.3) is 0 Å². The smallest absolute Gasteiger partial charge is 0.315 e. The second kappa shape index (κ2) is 7.19. The molecule has 0 aliphatic carbocycles. The number of Topliss-reactive ketones (excluding diaryl/α,β-unsaturated/α-hetero) is 1. The van der Waals surface area contributed by atoms with Gasteiger partial charge >= 0.3 is 6.03 Å². The number of benzene rings is 2. The number of urea groups is 1. The molecule has 0 bridgehead atoms. The van der Waals surface area contributed by atoms with Crippen molar-refractivity contribution in [2.24, 2.45) is 0 Å². The zero-order chi connectivity index (χ0) is 15.1. The van der Waals surface area contributed by atoms with Gasteiger partial charge in [0.2, 0.25) is 0 Å². The normalized spacial score (nSPS) is 9.95. The van der Waals surface area contributed by atoms with E-state index >= 15 is 0 Å². The molecule has 108 valence electrons. The summed E-state index contributed by atoms with van der Waals surface area (Å²) < 4.78 is 12.7. The minimum absolute atomic E-state index is 0.133. The number of nitrogens with one attached hydrogen (secondary N) is 2. The monoisotopic (exact) mass is 286 g/mol. The Balaban J connectivity index is 1.76. The fraction of sp³-hybridized carbons (Fsp3) is 0.125. The summed E-state index contributed by atoms with van der Waals surface area (Å²) in [6.45, 7) is 0.254. The SMILES string of the molecule is O=C(NCC(=O)c1ccc(F)cc1)NCc1ccccc1. The molecule has 2 N–H and O–H groups in total. The molecule has 5 heteroatoms. The van der Waals surface area contributed by atoms with Gasteiger partial charge in [-0.25, -0.2) is 9.18 Å². The molecule has 21 heavy (non-hydrogen) atoms. The number of halogens is 1. The second-order valence-electron chi connectivity index (χ2n) is 4.45.